The number of aryl methyl sites for hydroxylation is 1. The SMILES string of the molecule is CCN(CCOc1ccc(Br)cc1)C(=O)c1ccc2nc(C)oc2c1. The van der Waals surface area contributed by atoms with E-state index >= 15 is 0 Å². The second-order valence-corrected chi connectivity index (χ2v) is 6.52. The van der Waals surface area contributed by atoms with Gasteiger partial charge in [0.15, 0.2) is 11.5 Å². The van der Waals surface area contributed by atoms with E-state index in [2.05, 4.69) is 20.9 Å². The number of amides is 1. The van der Waals surface area contributed by atoms with Gasteiger partial charge in [-0.05, 0) is 49.4 Å². The lowest BCUT2D eigenvalue weighted by molar-refractivity contribution is 0.0740. The second kappa shape index (κ2) is 7.70. The average Bonchev–Trinajstić information content (AvgIpc) is 2.99. The molecule has 0 aliphatic heterocycles. The van der Waals surface area contributed by atoms with Gasteiger partial charge in [0.1, 0.15) is 17.9 Å². The predicted octanol–water partition coefficient (Wildman–Crippen LogP) is 4.44. The summed E-state index contributed by atoms with van der Waals surface area (Å²) in [6, 6.07) is 13.0. The number of likely N-dealkylation sites (N-methyl/N-ethyl adjacent to an activating group) is 1. The Morgan fingerprint density at radius 2 is 2.00 bits per heavy atom. The number of halogens is 1. The van der Waals surface area contributed by atoms with Crippen molar-refractivity contribution in [2.45, 2.75) is 13.8 Å². The first-order valence-corrected chi connectivity index (χ1v) is 8.91. The van der Waals surface area contributed by atoms with Crippen molar-refractivity contribution in [2.24, 2.45) is 0 Å². The quantitative estimate of drug-likeness (QED) is 0.611. The van der Waals surface area contributed by atoms with Crippen LogP contribution in [0.25, 0.3) is 11.1 Å². The van der Waals surface area contributed by atoms with E-state index in [1.807, 2.05) is 37.3 Å². The number of carbonyl (C=O) groups is 1. The van der Waals surface area contributed by atoms with Crippen molar-refractivity contribution < 1.29 is 13.9 Å². The highest BCUT2D eigenvalue weighted by Gasteiger charge is 2.16. The Hall–Kier alpha value is -2.34. The van der Waals surface area contributed by atoms with Crippen LogP contribution in [0.5, 0.6) is 5.75 Å². The number of hydrogen-bond donors (Lipinski definition) is 0. The maximum absolute atomic E-state index is 12.7. The van der Waals surface area contributed by atoms with Gasteiger partial charge in [-0.3, -0.25) is 4.79 Å². The van der Waals surface area contributed by atoms with Crippen molar-refractivity contribution in [3.8, 4) is 5.75 Å². The number of rotatable bonds is 6. The van der Waals surface area contributed by atoms with E-state index in [1.165, 1.54) is 0 Å². The van der Waals surface area contributed by atoms with Gasteiger partial charge in [0.05, 0.1) is 6.54 Å². The molecule has 0 radical (unpaired) electrons. The Bertz CT molecular complexity index is 874. The number of ether oxygens (including phenoxy) is 1. The number of nitrogens with zero attached hydrogens (tertiary/aromatic N) is 2. The van der Waals surface area contributed by atoms with Gasteiger partial charge in [-0.1, -0.05) is 15.9 Å². The first-order valence-electron chi connectivity index (χ1n) is 8.11. The summed E-state index contributed by atoms with van der Waals surface area (Å²) in [6.45, 7) is 5.30. The third kappa shape index (κ3) is 4.20. The summed E-state index contributed by atoms with van der Waals surface area (Å²) in [5, 5.41) is 0. The van der Waals surface area contributed by atoms with Crippen molar-refractivity contribution in [1.82, 2.24) is 9.88 Å². The Kier molecular flexibility index (Phi) is 5.38. The zero-order chi connectivity index (χ0) is 17.8. The first-order chi connectivity index (χ1) is 12.1. The fourth-order valence-corrected chi connectivity index (χ4v) is 2.83. The van der Waals surface area contributed by atoms with E-state index in [0.29, 0.717) is 36.7 Å². The maximum Gasteiger partial charge on any atom is 0.254 e. The predicted molar refractivity (Wildman–Crippen MR) is 100.0 cm³/mol. The van der Waals surface area contributed by atoms with Gasteiger partial charge in [-0.15, -0.1) is 0 Å². The molecule has 2 aromatic carbocycles. The summed E-state index contributed by atoms with van der Waals surface area (Å²) in [6.07, 6.45) is 0. The summed E-state index contributed by atoms with van der Waals surface area (Å²) in [5.41, 5.74) is 1.98. The van der Waals surface area contributed by atoms with E-state index in [4.69, 9.17) is 9.15 Å². The smallest absolute Gasteiger partial charge is 0.254 e. The summed E-state index contributed by atoms with van der Waals surface area (Å²) in [4.78, 5) is 18.7. The monoisotopic (exact) mass is 402 g/mol. The Morgan fingerprint density at radius 1 is 1.24 bits per heavy atom. The van der Waals surface area contributed by atoms with Crippen LogP contribution in [0, 0.1) is 6.92 Å². The molecule has 1 aromatic heterocycles. The molecular formula is C19H19BrN2O3. The Balaban J connectivity index is 1.64. The lowest BCUT2D eigenvalue weighted by Gasteiger charge is -2.21. The Labute approximate surface area is 154 Å². The average molecular weight is 403 g/mol. The van der Waals surface area contributed by atoms with Gasteiger partial charge in [0, 0.05) is 23.5 Å². The molecule has 3 rings (SSSR count). The number of fused-ring (bicyclic) bond motifs is 1. The molecule has 1 heterocycles. The molecule has 0 atom stereocenters. The molecule has 0 saturated heterocycles. The number of hydrogen-bond acceptors (Lipinski definition) is 4. The van der Waals surface area contributed by atoms with Crippen LogP contribution < -0.4 is 4.74 Å². The van der Waals surface area contributed by atoms with Gasteiger partial charge in [-0.2, -0.15) is 0 Å². The van der Waals surface area contributed by atoms with Crippen LogP contribution in [-0.2, 0) is 0 Å². The molecule has 6 heteroatoms. The Morgan fingerprint density at radius 3 is 2.72 bits per heavy atom. The largest absolute Gasteiger partial charge is 0.492 e. The summed E-state index contributed by atoms with van der Waals surface area (Å²) in [7, 11) is 0. The minimum atomic E-state index is -0.0436. The zero-order valence-corrected chi connectivity index (χ0v) is 15.7. The van der Waals surface area contributed by atoms with Gasteiger partial charge in [-0.25, -0.2) is 4.98 Å². The lowest BCUT2D eigenvalue weighted by atomic mass is 10.2. The molecule has 0 aliphatic rings. The van der Waals surface area contributed by atoms with Gasteiger partial charge >= 0.3 is 0 Å². The third-order valence-corrected chi connectivity index (χ3v) is 4.38. The van der Waals surface area contributed by atoms with Gasteiger partial charge in [0.25, 0.3) is 5.91 Å². The zero-order valence-electron chi connectivity index (χ0n) is 14.2. The number of carbonyl (C=O) groups excluding carboxylic acids is 1. The molecule has 3 aromatic rings. The molecule has 0 spiro atoms. The second-order valence-electron chi connectivity index (χ2n) is 5.60. The molecule has 0 N–H and O–H groups in total. The van der Waals surface area contributed by atoms with E-state index in [1.54, 1.807) is 24.0 Å². The fraction of sp³-hybridized carbons (Fsp3) is 0.263. The van der Waals surface area contributed by atoms with Crippen molar-refractivity contribution >= 4 is 32.9 Å². The molecule has 130 valence electrons. The minimum Gasteiger partial charge on any atom is -0.492 e. The standard InChI is InChI=1S/C19H19BrN2O3/c1-3-22(10-11-24-16-7-5-15(20)6-8-16)19(23)14-4-9-17-18(12-14)25-13(2)21-17/h4-9,12H,3,10-11H2,1-2H3. The summed E-state index contributed by atoms with van der Waals surface area (Å²) < 4.78 is 12.2. The van der Waals surface area contributed by atoms with Gasteiger partial charge in [0.2, 0.25) is 0 Å². The lowest BCUT2D eigenvalue weighted by Crippen LogP contribution is -2.34. The van der Waals surface area contributed by atoms with Crippen LogP contribution >= 0.6 is 15.9 Å². The van der Waals surface area contributed by atoms with E-state index in [0.717, 1.165) is 15.7 Å². The van der Waals surface area contributed by atoms with Crippen LogP contribution in [-0.4, -0.2) is 35.5 Å². The minimum absolute atomic E-state index is 0.0436. The highest BCUT2D eigenvalue weighted by Crippen LogP contribution is 2.19. The highest BCUT2D eigenvalue weighted by atomic mass is 79.9. The molecule has 25 heavy (non-hydrogen) atoms. The summed E-state index contributed by atoms with van der Waals surface area (Å²) >= 11 is 3.39. The number of oxazole rings is 1. The van der Waals surface area contributed by atoms with Crippen molar-refractivity contribution in [3.63, 3.8) is 0 Å². The van der Waals surface area contributed by atoms with E-state index < -0.39 is 0 Å². The normalized spacial score (nSPS) is 10.8. The number of benzene rings is 2. The molecule has 0 fully saturated rings. The van der Waals surface area contributed by atoms with Crippen molar-refractivity contribution in [3.05, 3.63) is 58.4 Å². The maximum atomic E-state index is 12.7. The first kappa shape index (κ1) is 17.5. The van der Waals surface area contributed by atoms with Crippen LogP contribution in [0.4, 0.5) is 0 Å². The topological polar surface area (TPSA) is 55.6 Å². The van der Waals surface area contributed by atoms with Crippen molar-refractivity contribution in [1.29, 1.82) is 0 Å². The van der Waals surface area contributed by atoms with Crippen LogP contribution in [0.1, 0.15) is 23.2 Å². The molecule has 0 bridgehead atoms. The summed E-state index contributed by atoms with van der Waals surface area (Å²) in [5.74, 6) is 1.33. The molecule has 0 aliphatic carbocycles. The van der Waals surface area contributed by atoms with Gasteiger partial charge < -0.3 is 14.1 Å². The van der Waals surface area contributed by atoms with Crippen LogP contribution in [0.3, 0.4) is 0 Å². The van der Waals surface area contributed by atoms with E-state index in [-0.39, 0.29) is 5.91 Å². The van der Waals surface area contributed by atoms with Crippen LogP contribution in [0.2, 0.25) is 0 Å². The molecule has 0 saturated carbocycles. The van der Waals surface area contributed by atoms with Crippen LogP contribution in [0.15, 0.2) is 51.4 Å². The molecular weight excluding hydrogens is 384 g/mol. The fourth-order valence-electron chi connectivity index (χ4n) is 2.56. The molecule has 1 amide bonds. The van der Waals surface area contributed by atoms with E-state index in [9.17, 15) is 4.79 Å². The van der Waals surface area contributed by atoms with Crippen molar-refractivity contribution in [2.75, 3.05) is 19.7 Å². The molecule has 5 nitrogen and oxygen atoms in total. The number of aromatic nitrogens is 1. The highest BCUT2D eigenvalue weighted by molar-refractivity contribution is 9.10. The third-order valence-electron chi connectivity index (χ3n) is 3.85. The molecule has 0 unspecified atom stereocenters.